The highest BCUT2D eigenvalue weighted by molar-refractivity contribution is 7.89. The molecule has 13 heteroatoms. The first kappa shape index (κ1) is 28.0. The molecule has 0 aliphatic rings. The number of nitrogens with one attached hydrogen (secondary N) is 1. The summed E-state index contributed by atoms with van der Waals surface area (Å²) in [5, 5.41) is 14.3. The molecule has 2 aromatic carbocycles. The molecule has 0 atom stereocenters. The number of nitrogens with zero attached hydrogens (tertiary/aromatic N) is 3. The van der Waals surface area contributed by atoms with E-state index in [9.17, 15) is 18.0 Å². The van der Waals surface area contributed by atoms with Gasteiger partial charge in [0, 0.05) is 54.2 Å². The van der Waals surface area contributed by atoms with Crippen molar-refractivity contribution in [3.05, 3.63) is 51.5 Å². The Labute approximate surface area is 219 Å². The number of anilines is 1. The second-order valence-electron chi connectivity index (χ2n) is 8.27. The van der Waals surface area contributed by atoms with E-state index in [0.29, 0.717) is 25.1 Å². The van der Waals surface area contributed by atoms with Gasteiger partial charge >= 0.3 is 5.97 Å². The Morgan fingerprint density at radius 3 is 2.59 bits per heavy atom. The van der Waals surface area contributed by atoms with Crippen molar-refractivity contribution in [2.45, 2.75) is 31.1 Å². The maximum absolute atomic E-state index is 13.9. The minimum absolute atomic E-state index is 0.00265. The second kappa shape index (κ2) is 12.1. The fourth-order valence-electron chi connectivity index (χ4n) is 4.23. The number of esters is 1. The van der Waals surface area contributed by atoms with Crippen molar-refractivity contribution in [1.82, 2.24) is 10.3 Å². The number of hydrogen-bond acceptors (Lipinski definition) is 10. The lowest BCUT2D eigenvalue weighted by Crippen LogP contribution is -2.23. The smallest absolute Gasteiger partial charge is 0.339 e. The van der Waals surface area contributed by atoms with Crippen LogP contribution in [0.2, 0.25) is 0 Å². The molecular formula is C24H30N6O5S2. The lowest BCUT2D eigenvalue weighted by Gasteiger charge is -2.24. The van der Waals surface area contributed by atoms with E-state index in [4.69, 9.17) is 15.7 Å². The van der Waals surface area contributed by atoms with Crippen molar-refractivity contribution in [3.63, 3.8) is 0 Å². The van der Waals surface area contributed by atoms with Crippen molar-refractivity contribution < 1.29 is 22.7 Å². The van der Waals surface area contributed by atoms with Gasteiger partial charge in [-0.05, 0) is 37.8 Å². The number of primary sulfonamides is 1. The van der Waals surface area contributed by atoms with Gasteiger partial charge in [-0.2, -0.15) is 5.10 Å². The van der Waals surface area contributed by atoms with Crippen molar-refractivity contribution >= 4 is 55.9 Å². The number of unbranched alkanes of at least 4 members (excludes halogenated alkanes) is 1. The van der Waals surface area contributed by atoms with Gasteiger partial charge in [0.25, 0.3) is 0 Å². The molecule has 11 nitrogen and oxygen atoms in total. The Balaban J connectivity index is 2.45. The van der Waals surface area contributed by atoms with Crippen molar-refractivity contribution in [3.8, 4) is 0 Å². The minimum atomic E-state index is -4.33. The summed E-state index contributed by atoms with van der Waals surface area (Å²) in [6.07, 6.45) is 4.07. The first-order valence-electron chi connectivity index (χ1n) is 11.5. The quantitative estimate of drug-likeness (QED) is 0.0586. The summed E-state index contributed by atoms with van der Waals surface area (Å²) in [6.45, 7) is 2.24. The summed E-state index contributed by atoms with van der Waals surface area (Å²) < 4.78 is 31.5. The lowest BCUT2D eigenvalue weighted by atomic mass is 9.88. The summed E-state index contributed by atoms with van der Waals surface area (Å²) in [5.74, 6) is 3.79. The van der Waals surface area contributed by atoms with Gasteiger partial charge in [-0.3, -0.25) is 4.79 Å². The molecule has 0 amide bonds. The largest absolute Gasteiger partial charge is 0.462 e. The van der Waals surface area contributed by atoms with E-state index in [1.54, 1.807) is 49.5 Å². The number of sulfonamides is 1. The average Bonchev–Trinajstić information content (AvgIpc) is 3.38. The Hall–Kier alpha value is -3.55. The van der Waals surface area contributed by atoms with Gasteiger partial charge in [-0.1, -0.05) is 12.1 Å². The van der Waals surface area contributed by atoms with Crippen LogP contribution in [0.1, 0.15) is 51.1 Å². The standard InChI is InChI=1S/C24H30N6O5S2/c1-4-35-24(32)20-18-15(9-7-10-17(18)30(2)3)22(37(26,33)34)16(8-5-6-11-27-14-29-25)19(20)21(31)23-28-12-13-36-23/h7,9-10,12-14H,4-6,8,11,25H2,1-3H3,(H,27,29)(H2,26,33,34). The van der Waals surface area contributed by atoms with E-state index in [1.807, 2.05) is 0 Å². The zero-order chi connectivity index (χ0) is 27.2. The van der Waals surface area contributed by atoms with Crippen LogP contribution in [0.25, 0.3) is 10.8 Å². The number of hydrogen-bond donors (Lipinski definition) is 3. The highest BCUT2D eigenvalue weighted by atomic mass is 32.2. The molecule has 0 fully saturated rings. The van der Waals surface area contributed by atoms with Crippen LogP contribution in [0.5, 0.6) is 0 Å². The van der Waals surface area contributed by atoms with E-state index >= 15 is 0 Å². The topological polar surface area (TPSA) is 170 Å². The Bertz CT molecular complexity index is 1420. The molecule has 5 N–H and O–H groups in total. The molecule has 0 unspecified atom stereocenters. The van der Waals surface area contributed by atoms with E-state index in [0.717, 1.165) is 11.3 Å². The molecule has 37 heavy (non-hydrogen) atoms. The van der Waals surface area contributed by atoms with Gasteiger partial charge in [0.2, 0.25) is 15.8 Å². The number of aromatic nitrogens is 1. The fourth-order valence-corrected chi connectivity index (χ4v) is 5.83. The van der Waals surface area contributed by atoms with Crippen LogP contribution in [0, 0.1) is 0 Å². The van der Waals surface area contributed by atoms with Gasteiger partial charge in [0.05, 0.1) is 17.1 Å². The number of carbonyl (C=O) groups is 2. The summed E-state index contributed by atoms with van der Waals surface area (Å²) >= 11 is 1.09. The number of thiazole rings is 1. The molecule has 0 aliphatic carbocycles. The van der Waals surface area contributed by atoms with Crippen LogP contribution in [-0.2, 0) is 21.2 Å². The van der Waals surface area contributed by atoms with Crippen LogP contribution < -0.4 is 21.2 Å². The number of benzene rings is 2. The Kier molecular flexibility index (Phi) is 9.18. The third-order valence-corrected chi connectivity index (χ3v) is 7.43. The molecular weight excluding hydrogens is 516 g/mol. The van der Waals surface area contributed by atoms with E-state index < -0.39 is 21.8 Å². The van der Waals surface area contributed by atoms with Gasteiger partial charge < -0.3 is 20.8 Å². The molecule has 0 spiro atoms. The molecule has 0 radical (unpaired) electrons. The highest BCUT2D eigenvalue weighted by Gasteiger charge is 2.34. The van der Waals surface area contributed by atoms with Crippen LogP contribution in [0.15, 0.2) is 39.8 Å². The SMILES string of the molecule is CCOC(=O)c1c(C(=O)c2nccs2)c(CCCCNC=NN)c(S(N)(=O)=O)c2cccc(N(C)C)c12. The first-order valence-corrected chi connectivity index (χ1v) is 13.9. The Morgan fingerprint density at radius 1 is 1.24 bits per heavy atom. The third kappa shape index (κ3) is 6.06. The fraction of sp³-hybridized carbons (Fsp3) is 0.333. The van der Waals surface area contributed by atoms with E-state index in [1.165, 1.54) is 12.5 Å². The number of ketones is 1. The number of ether oxygens (including phenoxy) is 1. The zero-order valence-electron chi connectivity index (χ0n) is 20.9. The van der Waals surface area contributed by atoms with Gasteiger partial charge in [0.1, 0.15) is 6.34 Å². The maximum atomic E-state index is 13.9. The number of fused-ring (bicyclic) bond motifs is 1. The van der Waals surface area contributed by atoms with Crippen molar-refractivity contribution in [1.29, 1.82) is 0 Å². The maximum Gasteiger partial charge on any atom is 0.339 e. The molecule has 0 saturated heterocycles. The predicted molar refractivity (Wildman–Crippen MR) is 145 cm³/mol. The van der Waals surface area contributed by atoms with Crippen LogP contribution in [-0.4, -0.2) is 58.7 Å². The number of hydrazone groups is 1. The van der Waals surface area contributed by atoms with Gasteiger partial charge in [0.15, 0.2) is 5.01 Å². The number of nitrogens with two attached hydrogens (primary N) is 2. The first-order chi connectivity index (χ1) is 17.6. The molecule has 0 saturated carbocycles. The van der Waals surface area contributed by atoms with Crippen LogP contribution >= 0.6 is 11.3 Å². The van der Waals surface area contributed by atoms with Crippen LogP contribution in [0.3, 0.4) is 0 Å². The monoisotopic (exact) mass is 546 g/mol. The van der Waals surface area contributed by atoms with Crippen molar-refractivity contribution in [2.75, 3.05) is 32.1 Å². The van der Waals surface area contributed by atoms with Crippen molar-refractivity contribution in [2.24, 2.45) is 16.1 Å². The minimum Gasteiger partial charge on any atom is -0.462 e. The summed E-state index contributed by atoms with van der Waals surface area (Å²) in [4.78, 5) is 33.0. The molecule has 3 rings (SSSR count). The zero-order valence-corrected chi connectivity index (χ0v) is 22.5. The average molecular weight is 547 g/mol. The second-order valence-corrected chi connectivity index (χ2v) is 10.7. The van der Waals surface area contributed by atoms with Gasteiger partial charge in [-0.15, -0.1) is 11.3 Å². The third-order valence-electron chi connectivity index (χ3n) is 5.63. The van der Waals surface area contributed by atoms with Gasteiger partial charge in [-0.25, -0.2) is 23.3 Å². The number of rotatable bonds is 12. The summed E-state index contributed by atoms with van der Waals surface area (Å²) in [7, 11) is -0.810. The van der Waals surface area contributed by atoms with E-state index in [-0.39, 0.29) is 50.4 Å². The van der Waals surface area contributed by atoms with E-state index in [2.05, 4.69) is 15.4 Å². The summed E-state index contributed by atoms with van der Waals surface area (Å²) in [5.41, 5.74) is 0.643. The normalized spacial score (nSPS) is 11.7. The Morgan fingerprint density at radius 2 is 2.00 bits per heavy atom. The number of carbonyl (C=O) groups excluding carboxylic acids is 2. The molecule has 0 bridgehead atoms. The molecule has 3 aromatic rings. The molecule has 198 valence electrons. The molecule has 0 aliphatic heterocycles. The summed E-state index contributed by atoms with van der Waals surface area (Å²) in [6, 6.07) is 5.01. The van der Waals surface area contributed by atoms with Crippen LogP contribution in [0.4, 0.5) is 5.69 Å². The lowest BCUT2D eigenvalue weighted by molar-refractivity contribution is 0.0525. The molecule has 1 heterocycles. The molecule has 1 aromatic heterocycles. The highest BCUT2D eigenvalue weighted by Crippen LogP contribution is 2.40. The predicted octanol–water partition coefficient (Wildman–Crippen LogP) is 2.23.